The molecule has 0 unspecified atom stereocenters. The fraction of sp³-hybridized carbons (Fsp3) is 0.0769. The first-order valence-electron chi connectivity index (χ1n) is 5.24. The van der Waals surface area contributed by atoms with Crippen molar-refractivity contribution in [2.45, 2.75) is 6.42 Å². The van der Waals surface area contributed by atoms with Gasteiger partial charge in [0, 0.05) is 16.5 Å². The second kappa shape index (κ2) is 5.94. The van der Waals surface area contributed by atoms with Gasteiger partial charge in [0.15, 0.2) is 5.78 Å². The molecule has 0 radical (unpaired) electrons. The molecule has 0 spiro atoms. The van der Waals surface area contributed by atoms with Crippen molar-refractivity contribution in [3.05, 3.63) is 55.9 Å². The van der Waals surface area contributed by atoms with E-state index in [4.69, 9.17) is 11.6 Å². The van der Waals surface area contributed by atoms with Crippen LogP contribution in [-0.4, -0.2) is 11.0 Å². The summed E-state index contributed by atoms with van der Waals surface area (Å²) in [5.41, 5.74) is 0.724. The summed E-state index contributed by atoms with van der Waals surface area (Å²) < 4.78 is 13.9. The van der Waals surface area contributed by atoms with E-state index in [1.807, 2.05) is 0 Å². The maximum atomic E-state index is 13.3. The highest BCUT2D eigenvalue weighted by molar-refractivity contribution is 9.10. The van der Waals surface area contributed by atoms with E-state index >= 15 is 0 Å². The number of halogens is 3. The predicted octanol–water partition coefficient (Wildman–Crippen LogP) is 4.45. The zero-order chi connectivity index (χ0) is 14.0. The van der Waals surface area contributed by atoms with E-state index in [1.165, 1.54) is 17.5 Å². The maximum absolute atomic E-state index is 13.3. The third-order valence-corrected chi connectivity index (χ3v) is 4.42. The fourth-order valence-corrected chi connectivity index (χ4v) is 3.05. The Morgan fingerprint density at radius 1 is 1.32 bits per heavy atom. The molecule has 0 aliphatic carbocycles. The SMILES string of the molecule is O=C(Cl)c1cccc(Br)c1CC(=O)c1sccc1F. The van der Waals surface area contributed by atoms with Crippen molar-refractivity contribution in [2.75, 3.05) is 0 Å². The normalized spacial score (nSPS) is 10.5. The molecule has 0 saturated heterocycles. The van der Waals surface area contributed by atoms with E-state index < -0.39 is 11.1 Å². The molecule has 0 aliphatic heterocycles. The summed E-state index contributed by atoms with van der Waals surface area (Å²) in [5.74, 6) is -0.917. The largest absolute Gasteiger partial charge is 0.293 e. The molecule has 1 aromatic carbocycles. The molecule has 0 bridgehead atoms. The summed E-state index contributed by atoms with van der Waals surface area (Å²) in [7, 11) is 0. The number of rotatable bonds is 4. The van der Waals surface area contributed by atoms with E-state index in [0.717, 1.165) is 11.3 Å². The number of carbonyl (C=O) groups is 2. The van der Waals surface area contributed by atoms with E-state index in [1.54, 1.807) is 12.1 Å². The lowest BCUT2D eigenvalue weighted by molar-refractivity contribution is 0.0993. The second-order valence-corrected chi connectivity index (χ2v) is 5.85. The zero-order valence-electron chi connectivity index (χ0n) is 9.45. The molecule has 0 fully saturated rings. The van der Waals surface area contributed by atoms with Crippen molar-refractivity contribution in [1.82, 2.24) is 0 Å². The van der Waals surface area contributed by atoms with Gasteiger partial charge in [0.05, 0.1) is 0 Å². The number of carbonyl (C=O) groups excluding carboxylic acids is 2. The van der Waals surface area contributed by atoms with Gasteiger partial charge in [-0.15, -0.1) is 11.3 Å². The topological polar surface area (TPSA) is 34.1 Å². The molecule has 0 saturated carbocycles. The summed E-state index contributed by atoms with van der Waals surface area (Å²) >= 11 is 9.79. The second-order valence-electron chi connectivity index (χ2n) is 3.74. The third kappa shape index (κ3) is 3.11. The minimum Gasteiger partial charge on any atom is -0.293 e. The Balaban J connectivity index is 2.36. The van der Waals surface area contributed by atoms with Gasteiger partial charge >= 0.3 is 0 Å². The summed E-state index contributed by atoms with van der Waals surface area (Å²) in [5, 5.41) is 0.867. The summed E-state index contributed by atoms with van der Waals surface area (Å²) in [6.45, 7) is 0. The number of hydrogen-bond acceptors (Lipinski definition) is 3. The molecule has 1 heterocycles. The van der Waals surface area contributed by atoms with Gasteiger partial charge in [0.25, 0.3) is 5.24 Å². The van der Waals surface area contributed by atoms with Crippen molar-refractivity contribution < 1.29 is 14.0 Å². The van der Waals surface area contributed by atoms with Crippen LogP contribution in [0.15, 0.2) is 34.1 Å². The average molecular weight is 362 g/mol. The number of Topliss-reactive ketones (excluding diaryl/α,β-unsaturated/α-hetero) is 1. The van der Waals surface area contributed by atoms with E-state index in [2.05, 4.69) is 15.9 Å². The van der Waals surface area contributed by atoms with Gasteiger partial charge in [0.2, 0.25) is 0 Å². The van der Waals surface area contributed by atoms with Crippen LogP contribution in [0.4, 0.5) is 4.39 Å². The van der Waals surface area contributed by atoms with Crippen LogP contribution in [0.3, 0.4) is 0 Å². The molecular formula is C13H7BrClFO2S. The van der Waals surface area contributed by atoms with Crippen molar-refractivity contribution >= 4 is 49.9 Å². The van der Waals surface area contributed by atoms with Crippen LogP contribution >= 0.6 is 38.9 Å². The van der Waals surface area contributed by atoms with Gasteiger partial charge in [-0.3, -0.25) is 9.59 Å². The Labute approximate surface area is 126 Å². The van der Waals surface area contributed by atoms with Gasteiger partial charge in [-0.05, 0) is 40.7 Å². The van der Waals surface area contributed by atoms with Gasteiger partial charge in [0.1, 0.15) is 10.7 Å². The van der Waals surface area contributed by atoms with E-state index in [0.29, 0.717) is 10.0 Å². The molecule has 0 atom stereocenters. The Morgan fingerprint density at radius 3 is 2.63 bits per heavy atom. The molecule has 0 aliphatic rings. The van der Waals surface area contributed by atoms with Crippen molar-refractivity contribution in [3.63, 3.8) is 0 Å². The lowest BCUT2D eigenvalue weighted by Crippen LogP contribution is -2.08. The standard InChI is InChI=1S/C13H7BrClFO2S/c14-9-3-1-2-7(13(15)18)8(9)6-11(17)12-10(16)4-5-19-12/h1-5H,6H2. The molecule has 2 nitrogen and oxygen atoms in total. The highest BCUT2D eigenvalue weighted by atomic mass is 79.9. The lowest BCUT2D eigenvalue weighted by Gasteiger charge is -2.07. The molecule has 6 heteroatoms. The Morgan fingerprint density at radius 2 is 2.05 bits per heavy atom. The highest BCUT2D eigenvalue weighted by Crippen LogP contribution is 2.25. The molecule has 2 rings (SSSR count). The van der Waals surface area contributed by atoms with Crippen LogP contribution in [0.1, 0.15) is 25.6 Å². The molecule has 98 valence electrons. The number of benzene rings is 1. The van der Waals surface area contributed by atoms with Crippen molar-refractivity contribution in [1.29, 1.82) is 0 Å². The van der Waals surface area contributed by atoms with Crippen LogP contribution in [0.2, 0.25) is 0 Å². The van der Waals surface area contributed by atoms with Gasteiger partial charge in [-0.2, -0.15) is 0 Å². The number of ketones is 1. The predicted molar refractivity (Wildman–Crippen MR) is 76.6 cm³/mol. The van der Waals surface area contributed by atoms with Gasteiger partial charge in [-0.25, -0.2) is 4.39 Å². The van der Waals surface area contributed by atoms with E-state index in [9.17, 15) is 14.0 Å². The van der Waals surface area contributed by atoms with Crippen LogP contribution in [0, 0.1) is 5.82 Å². The minimum absolute atomic E-state index is 0.0590. The monoisotopic (exact) mass is 360 g/mol. The number of hydrogen-bond donors (Lipinski definition) is 0. The molecule has 0 amide bonds. The molecule has 2 aromatic rings. The summed E-state index contributed by atoms with van der Waals surface area (Å²) in [6, 6.07) is 6.13. The Kier molecular flexibility index (Phi) is 4.50. The lowest BCUT2D eigenvalue weighted by atomic mass is 10.0. The highest BCUT2D eigenvalue weighted by Gasteiger charge is 2.19. The van der Waals surface area contributed by atoms with Crippen LogP contribution in [-0.2, 0) is 6.42 Å². The smallest absolute Gasteiger partial charge is 0.252 e. The quantitative estimate of drug-likeness (QED) is 0.595. The first-order valence-corrected chi connectivity index (χ1v) is 7.29. The van der Waals surface area contributed by atoms with E-state index in [-0.39, 0.29) is 22.6 Å². The average Bonchev–Trinajstić information content (AvgIpc) is 2.77. The summed E-state index contributed by atoms with van der Waals surface area (Å²) in [4.78, 5) is 23.4. The molecular weight excluding hydrogens is 355 g/mol. The summed E-state index contributed by atoms with van der Waals surface area (Å²) in [6.07, 6.45) is -0.0767. The third-order valence-electron chi connectivity index (χ3n) is 2.54. The molecule has 1 aromatic heterocycles. The van der Waals surface area contributed by atoms with Crippen molar-refractivity contribution in [2.24, 2.45) is 0 Å². The zero-order valence-corrected chi connectivity index (χ0v) is 12.6. The Bertz CT molecular complexity index is 654. The molecule has 19 heavy (non-hydrogen) atoms. The Hall–Kier alpha value is -1.04. The first-order chi connectivity index (χ1) is 9.00. The van der Waals surface area contributed by atoms with Gasteiger partial charge < -0.3 is 0 Å². The first kappa shape index (κ1) is 14.4. The molecule has 0 N–H and O–H groups in total. The number of thiophene rings is 1. The van der Waals surface area contributed by atoms with Crippen LogP contribution < -0.4 is 0 Å². The fourth-order valence-electron chi connectivity index (χ4n) is 1.66. The van der Waals surface area contributed by atoms with Crippen molar-refractivity contribution in [3.8, 4) is 0 Å². The maximum Gasteiger partial charge on any atom is 0.252 e. The van der Waals surface area contributed by atoms with Crippen LogP contribution in [0.5, 0.6) is 0 Å². The van der Waals surface area contributed by atoms with Crippen LogP contribution in [0.25, 0.3) is 0 Å². The minimum atomic E-state index is -0.643. The van der Waals surface area contributed by atoms with Gasteiger partial charge in [-0.1, -0.05) is 22.0 Å².